The fraction of sp³-hybridized carbons (Fsp3) is 0.500. The van der Waals surface area contributed by atoms with E-state index in [0.717, 1.165) is 12.0 Å². The second kappa shape index (κ2) is 5.82. The molecule has 0 aromatic heterocycles. The lowest BCUT2D eigenvalue weighted by Gasteiger charge is -2.26. The molecule has 0 aliphatic rings. The van der Waals surface area contributed by atoms with Gasteiger partial charge in [-0.25, -0.2) is 0 Å². The summed E-state index contributed by atoms with van der Waals surface area (Å²) < 4.78 is 0. The lowest BCUT2D eigenvalue weighted by molar-refractivity contribution is -0.124. The summed E-state index contributed by atoms with van der Waals surface area (Å²) in [6, 6.07) is 9.35. The summed E-state index contributed by atoms with van der Waals surface area (Å²) >= 11 is 0. The molecule has 1 unspecified atom stereocenters. The fourth-order valence-electron chi connectivity index (χ4n) is 1.48. The van der Waals surface area contributed by atoms with E-state index in [4.69, 9.17) is 5.73 Å². The maximum Gasteiger partial charge on any atom is 0.237 e. The first-order valence-corrected chi connectivity index (χ1v) is 6.06. The third-order valence-corrected chi connectivity index (χ3v) is 2.98. The Kier molecular flexibility index (Phi) is 4.70. The Morgan fingerprint density at radius 3 is 2.47 bits per heavy atom. The van der Waals surface area contributed by atoms with Crippen molar-refractivity contribution in [2.45, 2.75) is 45.2 Å². The van der Waals surface area contributed by atoms with Gasteiger partial charge in [-0.3, -0.25) is 4.79 Å². The Morgan fingerprint density at radius 1 is 1.35 bits per heavy atom. The van der Waals surface area contributed by atoms with E-state index < -0.39 is 6.04 Å². The minimum atomic E-state index is -0.483. The molecule has 3 nitrogen and oxygen atoms in total. The Balaban J connectivity index is 2.54. The molecule has 0 bridgehead atoms. The predicted molar refractivity (Wildman–Crippen MR) is 70.6 cm³/mol. The van der Waals surface area contributed by atoms with Crippen LogP contribution in [-0.2, 0) is 11.2 Å². The number of nitrogens with one attached hydrogen (secondary N) is 1. The molecule has 0 aliphatic heterocycles. The Hall–Kier alpha value is -1.35. The molecule has 3 heteroatoms. The smallest absolute Gasteiger partial charge is 0.237 e. The van der Waals surface area contributed by atoms with Crippen molar-refractivity contribution in [2.24, 2.45) is 5.73 Å². The van der Waals surface area contributed by atoms with E-state index in [1.54, 1.807) is 0 Å². The minimum absolute atomic E-state index is 0.0827. The van der Waals surface area contributed by atoms with Gasteiger partial charge in [0, 0.05) is 5.54 Å². The van der Waals surface area contributed by atoms with Crippen molar-refractivity contribution in [3.63, 3.8) is 0 Å². The minimum Gasteiger partial charge on any atom is -0.350 e. The summed E-state index contributed by atoms with van der Waals surface area (Å²) in [4.78, 5) is 11.9. The van der Waals surface area contributed by atoms with E-state index in [1.165, 1.54) is 0 Å². The van der Waals surface area contributed by atoms with Gasteiger partial charge < -0.3 is 11.1 Å². The van der Waals surface area contributed by atoms with E-state index in [0.29, 0.717) is 6.42 Å². The van der Waals surface area contributed by atoms with E-state index in [1.807, 2.05) is 51.1 Å². The van der Waals surface area contributed by atoms with Gasteiger partial charge in [0.25, 0.3) is 0 Å². The van der Waals surface area contributed by atoms with Crippen molar-refractivity contribution in [1.82, 2.24) is 5.32 Å². The molecule has 1 aromatic rings. The summed E-state index contributed by atoms with van der Waals surface area (Å²) in [6.45, 7) is 6.04. The molecule has 0 spiro atoms. The summed E-state index contributed by atoms with van der Waals surface area (Å²) in [7, 11) is 0. The van der Waals surface area contributed by atoms with Crippen molar-refractivity contribution in [2.75, 3.05) is 0 Å². The molecule has 0 fully saturated rings. The molecule has 0 saturated heterocycles. The number of benzene rings is 1. The van der Waals surface area contributed by atoms with Gasteiger partial charge in [-0.05, 0) is 32.3 Å². The van der Waals surface area contributed by atoms with Gasteiger partial charge in [-0.1, -0.05) is 37.3 Å². The van der Waals surface area contributed by atoms with Crippen LogP contribution in [0.15, 0.2) is 30.3 Å². The number of nitrogens with two attached hydrogens (primary N) is 1. The van der Waals surface area contributed by atoms with Gasteiger partial charge >= 0.3 is 0 Å². The first-order valence-electron chi connectivity index (χ1n) is 6.06. The third kappa shape index (κ3) is 4.57. The van der Waals surface area contributed by atoms with Crippen LogP contribution in [0.3, 0.4) is 0 Å². The highest BCUT2D eigenvalue weighted by atomic mass is 16.2. The molecular weight excluding hydrogens is 212 g/mol. The van der Waals surface area contributed by atoms with Gasteiger partial charge in [0.2, 0.25) is 5.91 Å². The molecule has 0 aliphatic carbocycles. The van der Waals surface area contributed by atoms with Crippen LogP contribution in [0.1, 0.15) is 32.8 Å². The van der Waals surface area contributed by atoms with Gasteiger partial charge in [-0.2, -0.15) is 0 Å². The topological polar surface area (TPSA) is 55.1 Å². The second-order valence-electron chi connectivity index (χ2n) is 5.02. The number of hydrogen-bond acceptors (Lipinski definition) is 2. The lowest BCUT2D eigenvalue weighted by atomic mass is 10.00. The van der Waals surface area contributed by atoms with Crippen LogP contribution in [0.25, 0.3) is 0 Å². The Morgan fingerprint density at radius 2 is 1.94 bits per heavy atom. The van der Waals surface area contributed by atoms with Crippen LogP contribution in [0, 0.1) is 0 Å². The highest BCUT2D eigenvalue weighted by Crippen LogP contribution is 2.08. The highest BCUT2D eigenvalue weighted by Gasteiger charge is 2.22. The fourth-order valence-corrected chi connectivity index (χ4v) is 1.48. The van der Waals surface area contributed by atoms with Crippen LogP contribution >= 0.6 is 0 Å². The second-order valence-corrected chi connectivity index (χ2v) is 5.02. The first-order chi connectivity index (χ1) is 7.94. The van der Waals surface area contributed by atoms with Gasteiger partial charge in [0.15, 0.2) is 0 Å². The van der Waals surface area contributed by atoms with Gasteiger partial charge in [-0.15, -0.1) is 0 Å². The molecule has 17 heavy (non-hydrogen) atoms. The monoisotopic (exact) mass is 234 g/mol. The van der Waals surface area contributed by atoms with E-state index in [2.05, 4.69) is 5.32 Å². The molecule has 3 N–H and O–H groups in total. The van der Waals surface area contributed by atoms with E-state index in [-0.39, 0.29) is 11.4 Å². The van der Waals surface area contributed by atoms with Crippen LogP contribution in [0.4, 0.5) is 0 Å². The van der Waals surface area contributed by atoms with Crippen LogP contribution in [0.2, 0.25) is 0 Å². The summed E-state index contributed by atoms with van der Waals surface area (Å²) in [5.41, 5.74) is 6.80. The zero-order chi connectivity index (χ0) is 12.9. The van der Waals surface area contributed by atoms with Crippen molar-refractivity contribution < 1.29 is 4.79 Å². The predicted octanol–water partition coefficient (Wildman–Crippen LogP) is 1.86. The molecule has 1 atom stereocenters. The Bertz CT molecular complexity index is 360. The van der Waals surface area contributed by atoms with Crippen LogP contribution in [0.5, 0.6) is 0 Å². The first kappa shape index (κ1) is 13.7. The summed E-state index contributed by atoms with van der Waals surface area (Å²) in [6.07, 6.45) is 1.46. The quantitative estimate of drug-likeness (QED) is 0.817. The molecular formula is C14H22N2O. The van der Waals surface area contributed by atoms with E-state index in [9.17, 15) is 4.79 Å². The number of carbonyl (C=O) groups is 1. The summed E-state index contributed by atoms with van der Waals surface area (Å²) in [5.74, 6) is -0.0827. The normalized spacial score (nSPS) is 13.2. The molecule has 1 aromatic carbocycles. The zero-order valence-electron chi connectivity index (χ0n) is 10.9. The maximum absolute atomic E-state index is 11.9. The highest BCUT2D eigenvalue weighted by molar-refractivity contribution is 5.82. The third-order valence-electron chi connectivity index (χ3n) is 2.98. The van der Waals surface area contributed by atoms with Gasteiger partial charge in [0.1, 0.15) is 0 Å². The maximum atomic E-state index is 11.9. The number of hydrogen-bond donors (Lipinski definition) is 2. The number of rotatable bonds is 5. The zero-order valence-corrected chi connectivity index (χ0v) is 10.9. The van der Waals surface area contributed by atoms with Crippen molar-refractivity contribution in [3.8, 4) is 0 Å². The van der Waals surface area contributed by atoms with Gasteiger partial charge in [0.05, 0.1) is 6.04 Å². The standard InChI is InChI=1S/C14H22N2O/c1-4-14(2,3)16-13(17)12(15)10-11-8-6-5-7-9-11/h5-9,12H,4,10,15H2,1-3H3,(H,16,17). The summed E-state index contributed by atoms with van der Waals surface area (Å²) in [5, 5.41) is 2.96. The average Bonchev–Trinajstić information content (AvgIpc) is 2.30. The molecule has 1 rings (SSSR count). The average molecular weight is 234 g/mol. The van der Waals surface area contributed by atoms with E-state index >= 15 is 0 Å². The van der Waals surface area contributed by atoms with Crippen molar-refractivity contribution in [1.29, 1.82) is 0 Å². The SMILES string of the molecule is CCC(C)(C)NC(=O)C(N)Cc1ccccc1. The number of carbonyl (C=O) groups excluding carboxylic acids is 1. The largest absolute Gasteiger partial charge is 0.350 e. The lowest BCUT2D eigenvalue weighted by Crippen LogP contribution is -2.50. The van der Waals surface area contributed by atoms with Crippen molar-refractivity contribution >= 4 is 5.91 Å². The molecule has 0 saturated carbocycles. The molecule has 0 heterocycles. The van der Waals surface area contributed by atoms with Crippen LogP contribution < -0.4 is 11.1 Å². The van der Waals surface area contributed by atoms with Crippen LogP contribution in [-0.4, -0.2) is 17.5 Å². The number of amides is 1. The van der Waals surface area contributed by atoms with Crippen molar-refractivity contribution in [3.05, 3.63) is 35.9 Å². The molecule has 1 amide bonds. The Labute approximate surface area is 103 Å². The molecule has 0 radical (unpaired) electrons. The molecule has 94 valence electrons.